The van der Waals surface area contributed by atoms with Gasteiger partial charge in [-0.05, 0) is 43.7 Å². The Balaban J connectivity index is 1.51. The van der Waals surface area contributed by atoms with Crippen LogP contribution in [0, 0.1) is 0 Å². The SMILES string of the molecule is CCC(C)N1C(=O)/C(=C/c2c(N3CCN(c4ccccc4OC)CC3)nc3ccccn3c2=O)SC1=S. The van der Waals surface area contributed by atoms with Crippen LogP contribution in [0.15, 0.2) is 58.4 Å². The van der Waals surface area contributed by atoms with Crippen molar-refractivity contribution in [3.63, 3.8) is 0 Å². The van der Waals surface area contributed by atoms with Crippen molar-refractivity contribution in [1.29, 1.82) is 0 Å². The summed E-state index contributed by atoms with van der Waals surface area (Å²) in [6.07, 6.45) is 4.18. The van der Waals surface area contributed by atoms with Crippen LogP contribution in [-0.2, 0) is 4.79 Å². The van der Waals surface area contributed by atoms with Gasteiger partial charge in [-0.3, -0.25) is 18.9 Å². The smallest absolute Gasteiger partial charge is 0.267 e. The van der Waals surface area contributed by atoms with Crippen LogP contribution in [0.1, 0.15) is 25.8 Å². The molecule has 1 amide bonds. The van der Waals surface area contributed by atoms with Crippen LogP contribution in [0.3, 0.4) is 0 Å². The van der Waals surface area contributed by atoms with Crippen molar-refractivity contribution in [2.24, 2.45) is 0 Å². The van der Waals surface area contributed by atoms with Crippen LogP contribution in [0.2, 0.25) is 0 Å². The highest BCUT2D eigenvalue weighted by Gasteiger charge is 2.35. The van der Waals surface area contributed by atoms with Gasteiger partial charge in [0.2, 0.25) is 0 Å². The molecule has 10 heteroatoms. The minimum Gasteiger partial charge on any atom is -0.495 e. The van der Waals surface area contributed by atoms with Crippen LogP contribution in [0.25, 0.3) is 11.7 Å². The summed E-state index contributed by atoms with van der Waals surface area (Å²) in [4.78, 5) is 38.3. The highest BCUT2D eigenvalue weighted by molar-refractivity contribution is 8.26. The van der Waals surface area contributed by atoms with Gasteiger partial charge in [0.1, 0.15) is 21.5 Å². The van der Waals surface area contributed by atoms with Crippen molar-refractivity contribution in [1.82, 2.24) is 14.3 Å². The topological polar surface area (TPSA) is 70.4 Å². The monoisotopic (exact) mass is 535 g/mol. The van der Waals surface area contributed by atoms with E-state index in [1.54, 1.807) is 30.3 Å². The van der Waals surface area contributed by atoms with Gasteiger partial charge in [0.05, 0.1) is 23.3 Å². The van der Waals surface area contributed by atoms with Gasteiger partial charge < -0.3 is 14.5 Å². The summed E-state index contributed by atoms with van der Waals surface area (Å²) in [6, 6.07) is 13.5. The lowest BCUT2D eigenvalue weighted by Gasteiger charge is -2.37. The lowest BCUT2D eigenvalue weighted by Crippen LogP contribution is -2.47. The number of pyridine rings is 1. The van der Waals surface area contributed by atoms with Gasteiger partial charge in [-0.2, -0.15) is 0 Å². The minimum absolute atomic E-state index is 0.00301. The predicted molar refractivity (Wildman–Crippen MR) is 154 cm³/mol. The molecule has 3 aromatic rings. The first-order valence-electron chi connectivity index (χ1n) is 12.3. The fourth-order valence-corrected chi connectivity index (χ4v) is 6.13. The molecule has 0 saturated carbocycles. The van der Waals surface area contributed by atoms with Crippen molar-refractivity contribution < 1.29 is 9.53 Å². The van der Waals surface area contributed by atoms with E-state index in [2.05, 4.69) is 15.9 Å². The molecule has 0 spiro atoms. The van der Waals surface area contributed by atoms with Crippen LogP contribution in [0.4, 0.5) is 11.5 Å². The molecule has 4 heterocycles. The average Bonchev–Trinajstić information content (AvgIpc) is 3.22. The van der Waals surface area contributed by atoms with E-state index in [4.69, 9.17) is 21.9 Å². The van der Waals surface area contributed by atoms with E-state index in [0.29, 0.717) is 39.3 Å². The van der Waals surface area contributed by atoms with Gasteiger partial charge in [-0.1, -0.05) is 49.1 Å². The number of para-hydroxylation sites is 2. The largest absolute Gasteiger partial charge is 0.495 e. The molecule has 0 radical (unpaired) electrons. The number of hydrogen-bond acceptors (Lipinski definition) is 8. The van der Waals surface area contributed by atoms with Gasteiger partial charge >= 0.3 is 0 Å². The first kappa shape index (κ1) is 25.3. The summed E-state index contributed by atoms with van der Waals surface area (Å²) in [7, 11) is 1.68. The molecule has 0 bridgehead atoms. The van der Waals surface area contributed by atoms with Gasteiger partial charge in [0.15, 0.2) is 0 Å². The zero-order valence-electron chi connectivity index (χ0n) is 21.1. The fourth-order valence-electron chi connectivity index (χ4n) is 4.68. The summed E-state index contributed by atoms with van der Waals surface area (Å²) in [5.74, 6) is 1.26. The number of piperazine rings is 1. The number of thiocarbonyl (C=S) groups is 1. The number of ether oxygens (including phenoxy) is 1. The molecule has 5 rings (SSSR count). The van der Waals surface area contributed by atoms with Crippen LogP contribution >= 0.6 is 24.0 Å². The number of nitrogens with zero attached hydrogens (tertiary/aromatic N) is 5. The number of amides is 1. The maximum absolute atomic E-state index is 13.7. The van der Waals surface area contributed by atoms with E-state index in [1.807, 2.05) is 44.2 Å². The molecule has 1 unspecified atom stereocenters. The number of rotatable bonds is 6. The zero-order valence-corrected chi connectivity index (χ0v) is 22.7. The second-order valence-electron chi connectivity index (χ2n) is 9.04. The molecule has 1 atom stereocenters. The Kier molecular flexibility index (Phi) is 7.21. The molecule has 2 fully saturated rings. The van der Waals surface area contributed by atoms with Gasteiger partial charge in [-0.15, -0.1) is 0 Å². The number of carbonyl (C=O) groups is 1. The third-order valence-electron chi connectivity index (χ3n) is 6.88. The zero-order chi connectivity index (χ0) is 26.1. The van der Waals surface area contributed by atoms with E-state index in [0.717, 1.165) is 30.9 Å². The summed E-state index contributed by atoms with van der Waals surface area (Å²) in [5, 5.41) is 0. The summed E-state index contributed by atoms with van der Waals surface area (Å²) >= 11 is 6.75. The Morgan fingerprint density at radius 2 is 1.78 bits per heavy atom. The van der Waals surface area contributed by atoms with E-state index >= 15 is 0 Å². The van der Waals surface area contributed by atoms with Crippen LogP contribution in [-0.4, -0.2) is 63.8 Å². The number of benzene rings is 1. The highest BCUT2D eigenvalue weighted by atomic mass is 32.2. The number of thioether (sulfide) groups is 1. The molecular formula is C27H29N5O3S2. The molecule has 2 aliphatic rings. The van der Waals surface area contributed by atoms with Crippen molar-refractivity contribution in [3.05, 3.63) is 69.5 Å². The lowest BCUT2D eigenvalue weighted by atomic mass is 10.2. The number of carbonyl (C=O) groups excluding carboxylic acids is 1. The summed E-state index contributed by atoms with van der Waals surface area (Å²) < 4.78 is 7.59. The third kappa shape index (κ3) is 4.71. The Hall–Kier alpha value is -3.37. The minimum atomic E-state index is -0.207. The second-order valence-corrected chi connectivity index (χ2v) is 10.7. The number of aromatic nitrogens is 2. The maximum Gasteiger partial charge on any atom is 0.267 e. The van der Waals surface area contributed by atoms with Crippen LogP contribution in [0.5, 0.6) is 5.75 Å². The molecule has 1 aromatic carbocycles. The Bertz CT molecular complexity index is 1450. The van der Waals surface area contributed by atoms with Crippen LogP contribution < -0.4 is 20.1 Å². The van der Waals surface area contributed by atoms with Crippen molar-refractivity contribution in [2.45, 2.75) is 26.3 Å². The Morgan fingerprint density at radius 3 is 2.51 bits per heavy atom. The predicted octanol–water partition coefficient (Wildman–Crippen LogP) is 4.03. The Morgan fingerprint density at radius 1 is 1.08 bits per heavy atom. The van der Waals surface area contributed by atoms with Gasteiger partial charge in [0.25, 0.3) is 11.5 Å². The molecule has 192 valence electrons. The Labute approximate surface area is 225 Å². The molecule has 0 aliphatic carbocycles. The van der Waals surface area contributed by atoms with E-state index in [9.17, 15) is 9.59 Å². The van der Waals surface area contributed by atoms with E-state index in [1.165, 1.54) is 16.2 Å². The van der Waals surface area contributed by atoms with Crippen molar-refractivity contribution in [2.75, 3.05) is 43.1 Å². The quantitative estimate of drug-likeness (QED) is 0.346. The summed E-state index contributed by atoms with van der Waals surface area (Å²) in [5.41, 5.74) is 1.81. The number of methoxy groups -OCH3 is 1. The standard InChI is InChI=1S/C27H29N5O3S2/c1-4-18(2)32-26(34)22(37-27(32)36)17-19-24(28-23-11-7-8-12-31(23)25(19)33)30-15-13-29(14-16-30)20-9-5-6-10-21(20)35-3/h5-12,17-18H,4,13-16H2,1-3H3/b22-17-. The highest BCUT2D eigenvalue weighted by Crippen LogP contribution is 2.35. The first-order chi connectivity index (χ1) is 17.9. The summed E-state index contributed by atoms with van der Waals surface area (Å²) in [6.45, 7) is 6.82. The number of fused-ring (bicyclic) bond motifs is 1. The van der Waals surface area contributed by atoms with Gasteiger partial charge in [0, 0.05) is 38.4 Å². The molecule has 8 nitrogen and oxygen atoms in total. The lowest BCUT2D eigenvalue weighted by molar-refractivity contribution is -0.123. The number of anilines is 2. The molecule has 37 heavy (non-hydrogen) atoms. The van der Waals surface area contributed by atoms with E-state index in [-0.39, 0.29) is 17.5 Å². The molecular weight excluding hydrogens is 506 g/mol. The van der Waals surface area contributed by atoms with Gasteiger partial charge in [-0.25, -0.2) is 4.98 Å². The van der Waals surface area contributed by atoms with Crippen molar-refractivity contribution in [3.8, 4) is 5.75 Å². The molecule has 2 saturated heterocycles. The maximum atomic E-state index is 13.7. The molecule has 0 N–H and O–H groups in total. The average molecular weight is 536 g/mol. The fraction of sp³-hybridized carbons (Fsp3) is 0.333. The second kappa shape index (κ2) is 10.5. The number of hydrogen-bond donors (Lipinski definition) is 0. The van der Waals surface area contributed by atoms with Crippen molar-refractivity contribution >= 4 is 57.4 Å². The first-order valence-corrected chi connectivity index (χ1v) is 13.6. The molecule has 2 aliphatic heterocycles. The van der Waals surface area contributed by atoms with E-state index < -0.39 is 0 Å². The molecule has 2 aromatic heterocycles. The normalized spacial score (nSPS) is 18.2. The third-order valence-corrected chi connectivity index (χ3v) is 8.21.